The van der Waals surface area contributed by atoms with Crippen molar-refractivity contribution in [3.8, 4) is 0 Å². The van der Waals surface area contributed by atoms with Crippen LogP contribution in [-0.4, -0.2) is 37.2 Å². The number of hydrogen-bond acceptors (Lipinski definition) is 4. The molecular formula is C18H34IN5O2. The van der Waals surface area contributed by atoms with Gasteiger partial charge in [0.2, 0.25) is 5.91 Å². The Labute approximate surface area is 174 Å². The van der Waals surface area contributed by atoms with E-state index in [2.05, 4.69) is 39.9 Å². The Morgan fingerprint density at radius 2 is 1.88 bits per heavy atom. The Morgan fingerprint density at radius 3 is 2.42 bits per heavy atom. The third kappa shape index (κ3) is 7.51. The minimum Gasteiger partial charge on any atom is -0.359 e. The molecule has 150 valence electrons. The Bertz CT molecular complexity index is 568. The van der Waals surface area contributed by atoms with Crippen LogP contribution in [0.5, 0.6) is 0 Å². The Kier molecular flexibility index (Phi) is 11.5. The SMILES string of the molecule is CCNC(=O)C(C)(C)CNC(=NC)NCc1cc(C(CC)CC)no1.I. The van der Waals surface area contributed by atoms with E-state index in [-0.39, 0.29) is 29.9 Å². The molecule has 0 aliphatic carbocycles. The Balaban J connectivity index is 0.00000625. The third-order valence-electron chi connectivity index (χ3n) is 4.28. The van der Waals surface area contributed by atoms with Crippen molar-refractivity contribution in [1.82, 2.24) is 21.1 Å². The fourth-order valence-electron chi connectivity index (χ4n) is 2.49. The van der Waals surface area contributed by atoms with Crippen LogP contribution in [0, 0.1) is 5.41 Å². The van der Waals surface area contributed by atoms with Crippen molar-refractivity contribution >= 4 is 35.8 Å². The van der Waals surface area contributed by atoms with E-state index in [4.69, 9.17) is 4.52 Å². The average Bonchev–Trinajstić information content (AvgIpc) is 3.05. The number of nitrogens with zero attached hydrogens (tertiary/aromatic N) is 2. The molecule has 0 aliphatic heterocycles. The van der Waals surface area contributed by atoms with Crippen LogP contribution < -0.4 is 16.0 Å². The third-order valence-corrected chi connectivity index (χ3v) is 4.28. The van der Waals surface area contributed by atoms with Gasteiger partial charge in [-0.1, -0.05) is 19.0 Å². The zero-order chi connectivity index (χ0) is 18.9. The number of carbonyl (C=O) groups excluding carboxylic acids is 1. The molecule has 7 nitrogen and oxygen atoms in total. The number of aliphatic imine (C=N–C) groups is 1. The van der Waals surface area contributed by atoms with E-state index in [1.54, 1.807) is 7.05 Å². The van der Waals surface area contributed by atoms with Gasteiger partial charge in [0, 0.05) is 32.1 Å². The number of carbonyl (C=O) groups is 1. The summed E-state index contributed by atoms with van der Waals surface area (Å²) in [6, 6.07) is 2.00. The minimum absolute atomic E-state index is 0. The minimum atomic E-state index is -0.525. The van der Waals surface area contributed by atoms with Gasteiger partial charge in [-0.25, -0.2) is 0 Å². The highest BCUT2D eigenvalue weighted by molar-refractivity contribution is 14.0. The molecule has 26 heavy (non-hydrogen) atoms. The van der Waals surface area contributed by atoms with Crippen LogP contribution in [0.15, 0.2) is 15.6 Å². The van der Waals surface area contributed by atoms with Gasteiger partial charge in [-0.05, 0) is 33.6 Å². The normalized spacial score (nSPS) is 11.9. The molecule has 0 radical (unpaired) electrons. The number of rotatable bonds is 9. The molecule has 8 heteroatoms. The van der Waals surface area contributed by atoms with Gasteiger partial charge in [0.1, 0.15) is 0 Å². The molecule has 1 aromatic rings. The lowest BCUT2D eigenvalue weighted by molar-refractivity contribution is -0.128. The van der Waals surface area contributed by atoms with Gasteiger partial charge in [-0.3, -0.25) is 9.79 Å². The molecule has 0 bridgehead atoms. The fraction of sp³-hybridized carbons (Fsp3) is 0.722. The van der Waals surface area contributed by atoms with E-state index in [1.807, 2.05) is 26.8 Å². The van der Waals surface area contributed by atoms with E-state index in [1.165, 1.54) is 0 Å². The highest BCUT2D eigenvalue weighted by Crippen LogP contribution is 2.22. The van der Waals surface area contributed by atoms with Crippen LogP contribution in [0.4, 0.5) is 0 Å². The predicted molar refractivity (Wildman–Crippen MR) is 116 cm³/mol. The Hall–Kier alpha value is -1.32. The first-order valence-electron chi connectivity index (χ1n) is 9.06. The van der Waals surface area contributed by atoms with Crippen molar-refractivity contribution in [2.75, 3.05) is 20.1 Å². The molecule has 1 rings (SSSR count). The molecule has 1 amide bonds. The summed E-state index contributed by atoms with van der Waals surface area (Å²) in [6.07, 6.45) is 2.10. The molecule has 0 atom stereocenters. The van der Waals surface area contributed by atoms with Gasteiger partial charge in [-0.2, -0.15) is 0 Å². The summed E-state index contributed by atoms with van der Waals surface area (Å²) in [5.41, 5.74) is 0.477. The lowest BCUT2D eigenvalue weighted by atomic mass is 9.92. The number of guanidine groups is 1. The lowest BCUT2D eigenvalue weighted by Gasteiger charge is -2.24. The van der Waals surface area contributed by atoms with Gasteiger partial charge in [0.05, 0.1) is 17.7 Å². The first-order chi connectivity index (χ1) is 11.9. The predicted octanol–water partition coefficient (Wildman–Crippen LogP) is 3.02. The fourth-order valence-corrected chi connectivity index (χ4v) is 2.49. The van der Waals surface area contributed by atoms with E-state index in [9.17, 15) is 4.79 Å². The summed E-state index contributed by atoms with van der Waals surface area (Å²) in [4.78, 5) is 16.2. The van der Waals surface area contributed by atoms with Gasteiger partial charge in [0.25, 0.3) is 0 Å². The van der Waals surface area contributed by atoms with E-state index >= 15 is 0 Å². The number of aromatic nitrogens is 1. The van der Waals surface area contributed by atoms with Crippen LogP contribution in [0.1, 0.15) is 64.8 Å². The zero-order valence-corrected chi connectivity index (χ0v) is 19.1. The van der Waals surface area contributed by atoms with Crippen LogP contribution in [0.2, 0.25) is 0 Å². The van der Waals surface area contributed by atoms with Crippen LogP contribution in [0.3, 0.4) is 0 Å². The lowest BCUT2D eigenvalue weighted by Crippen LogP contribution is -2.47. The van der Waals surface area contributed by atoms with Gasteiger partial charge >= 0.3 is 0 Å². The van der Waals surface area contributed by atoms with Crippen molar-refractivity contribution in [3.05, 3.63) is 17.5 Å². The maximum Gasteiger partial charge on any atom is 0.227 e. The largest absolute Gasteiger partial charge is 0.359 e. The molecule has 1 aromatic heterocycles. The summed E-state index contributed by atoms with van der Waals surface area (Å²) < 4.78 is 5.40. The molecule has 1 heterocycles. The average molecular weight is 479 g/mol. The van der Waals surface area contributed by atoms with Crippen molar-refractivity contribution in [3.63, 3.8) is 0 Å². The standard InChI is InChI=1S/C18H33N5O2.HI/c1-7-13(8-2)15-10-14(25-23-15)11-21-17(19-6)22-12-18(4,5)16(24)20-9-3;/h10,13H,7-9,11-12H2,1-6H3,(H,20,24)(H2,19,21,22);1H. The molecule has 0 spiro atoms. The number of nitrogens with one attached hydrogen (secondary N) is 3. The molecule has 0 saturated heterocycles. The van der Waals surface area contributed by atoms with Crippen molar-refractivity contribution < 1.29 is 9.32 Å². The first kappa shape index (κ1) is 24.7. The summed E-state index contributed by atoms with van der Waals surface area (Å²) in [5, 5.41) is 13.4. The van der Waals surface area contributed by atoms with Gasteiger partial charge < -0.3 is 20.5 Å². The van der Waals surface area contributed by atoms with E-state index < -0.39 is 5.41 Å². The molecule has 3 N–H and O–H groups in total. The molecule has 0 unspecified atom stereocenters. The summed E-state index contributed by atoms with van der Waals surface area (Å²) in [7, 11) is 1.70. The molecule has 0 fully saturated rings. The Morgan fingerprint density at radius 1 is 1.23 bits per heavy atom. The highest BCUT2D eigenvalue weighted by Gasteiger charge is 2.27. The molecule has 0 aliphatic rings. The number of amides is 1. The van der Waals surface area contributed by atoms with Crippen LogP contribution >= 0.6 is 24.0 Å². The van der Waals surface area contributed by atoms with Crippen LogP contribution in [0.25, 0.3) is 0 Å². The quantitative estimate of drug-likeness (QED) is 0.288. The second kappa shape index (κ2) is 12.1. The molecule has 0 saturated carbocycles. The molecule has 0 aromatic carbocycles. The van der Waals surface area contributed by atoms with Crippen LogP contribution in [-0.2, 0) is 11.3 Å². The summed E-state index contributed by atoms with van der Waals surface area (Å²) in [5.74, 6) is 1.85. The maximum absolute atomic E-state index is 12.0. The monoisotopic (exact) mass is 479 g/mol. The smallest absolute Gasteiger partial charge is 0.227 e. The van der Waals surface area contributed by atoms with E-state index in [0.717, 1.165) is 24.3 Å². The van der Waals surface area contributed by atoms with E-state index in [0.29, 0.717) is 31.5 Å². The van der Waals surface area contributed by atoms with Gasteiger partial charge in [0.15, 0.2) is 11.7 Å². The van der Waals surface area contributed by atoms with Crippen molar-refractivity contribution in [1.29, 1.82) is 0 Å². The second-order valence-corrected chi connectivity index (χ2v) is 6.75. The number of halogens is 1. The maximum atomic E-state index is 12.0. The summed E-state index contributed by atoms with van der Waals surface area (Å²) in [6.45, 7) is 11.6. The van der Waals surface area contributed by atoms with Crippen molar-refractivity contribution in [2.45, 2.75) is 59.9 Å². The van der Waals surface area contributed by atoms with Crippen molar-refractivity contribution in [2.24, 2.45) is 10.4 Å². The summed E-state index contributed by atoms with van der Waals surface area (Å²) >= 11 is 0. The first-order valence-corrected chi connectivity index (χ1v) is 9.06. The van der Waals surface area contributed by atoms with Gasteiger partial charge in [-0.15, -0.1) is 24.0 Å². The number of hydrogen-bond donors (Lipinski definition) is 3. The highest BCUT2D eigenvalue weighted by atomic mass is 127. The zero-order valence-electron chi connectivity index (χ0n) is 16.8. The topological polar surface area (TPSA) is 91.5 Å². The second-order valence-electron chi connectivity index (χ2n) is 6.75. The molecular weight excluding hydrogens is 445 g/mol.